The number of nitrogens with one attached hydrogen (secondary N) is 1. The Morgan fingerprint density at radius 3 is 2.32 bits per heavy atom. The van der Waals surface area contributed by atoms with Crippen molar-refractivity contribution in [1.29, 1.82) is 0 Å². The predicted octanol–water partition coefficient (Wildman–Crippen LogP) is 2.30. The highest BCUT2D eigenvalue weighted by Gasteiger charge is 2.16. The van der Waals surface area contributed by atoms with Crippen molar-refractivity contribution in [3.63, 3.8) is 0 Å². The van der Waals surface area contributed by atoms with Gasteiger partial charge in [-0.1, -0.05) is 12.1 Å². The maximum Gasteiger partial charge on any atom is 0.306 e. The summed E-state index contributed by atoms with van der Waals surface area (Å²) in [6, 6.07) is 11.3. The Bertz CT molecular complexity index is 879. The quantitative estimate of drug-likeness (QED) is 0.551. The van der Waals surface area contributed by atoms with Gasteiger partial charge in [0.05, 0.1) is 19.1 Å². The number of carbonyl (C=O) groups excluding carboxylic acids is 4. The van der Waals surface area contributed by atoms with Crippen molar-refractivity contribution in [2.75, 3.05) is 13.7 Å². The minimum atomic E-state index is -0.811. The molecule has 28 heavy (non-hydrogen) atoms. The third kappa shape index (κ3) is 6.01. The van der Waals surface area contributed by atoms with Crippen LogP contribution in [0.1, 0.15) is 33.6 Å². The average molecular weight is 387 g/mol. The van der Waals surface area contributed by atoms with Crippen molar-refractivity contribution < 1.29 is 33.0 Å². The zero-order valence-corrected chi connectivity index (χ0v) is 15.1. The van der Waals surface area contributed by atoms with Crippen molar-refractivity contribution >= 4 is 23.6 Å². The first-order valence-electron chi connectivity index (χ1n) is 8.32. The number of rotatable bonds is 8. The zero-order chi connectivity index (χ0) is 20.5. The number of ketones is 1. The summed E-state index contributed by atoms with van der Waals surface area (Å²) in [6.07, 6.45) is -0.393. The second kappa shape index (κ2) is 9.96. The Hall–Kier alpha value is -3.55. The molecule has 7 nitrogen and oxygen atoms in total. The van der Waals surface area contributed by atoms with Crippen molar-refractivity contribution in [2.24, 2.45) is 0 Å². The molecule has 0 unspecified atom stereocenters. The van der Waals surface area contributed by atoms with E-state index in [0.29, 0.717) is 5.75 Å². The molecule has 0 aromatic heterocycles. The summed E-state index contributed by atoms with van der Waals surface area (Å²) in [7, 11) is 1.39. The molecule has 0 fully saturated rings. The topological polar surface area (TPSA) is 98.8 Å². The summed E-state index contributed by atoms with van der Waals surface area (Å²) in [5.74, 6) is -2.80. The second-order valence-corrected chi connectivity index (χ2v) is 5.67. The number of ether oxygens (including phenoxy) is 2. The highest BCUT2D eigenvalue weighted by molar-refractivity contribution is 6.06. The Labute approximate surface area is 160 Å². The first kappa shape index (κ1) is 20.8. The first-order valence-corrected chi connectivity index (χ1v) is 8.32. The molecule has 0 aliphatic carbocycles. The van der Waals surface area contributed by atoms with Gasteiger partial charge in [-0.2, -0.15) is 0 Å². The number of hydrogen-bond acceptors (Lipinski definition) is 6. The fourth-order valence-electron chi connectivity index (χ4n) is 2.28. The summed E-state index contributed by atoms with van der Waals surface area (Å²) in [5.41, 5.74) is 0.434. The number of amides is 2. The third-order valence-electron chi connectivity index (χ3n) is 3.69. The lowest BCUT2D eigenvalue weighted by Crippen LogP contribution is -2.34. The molecule has 1 N–H and O–H groups in total. The molecule has 0 radical (unpaired) electrons. The Balaban J connectivity index is 1.76. The van der Waals surface area contributed by atoms with Crippen LogP contribution in [0.5, 0.6) is 5.75 Å². The number of halogens is 1. The Morgan fingerprint density at radius 1 is 0.964 bits per heavy atom. The van der Waals surface area contributed by atoms with Crippen LogP contribution in [0.25, 0.3) is 0 Å². The molecule has 0 heterocycles. The van der Waals surface area contributed by atoms with Crippen LogP contribution in [0.2, 0.25) is 0 Å². The van der Waals surface area contributed by atoms with E-state index in [-0.39, 0.29) is 29.8 Å². The number of para-hydroxylation sites is 1. The molecule has 0 atom stereocenters. The molecular formula is C20H18FNO6. The van der Waals surface area contributed by atoms with E-state index in [1.165, 1.54) is 25.3 Å². The van der Waals surface area contributed by atoms with E-state index in [1.54, 1.807) is 18.2 Å². The van der Waals surface area contributed by atoms with Crippen LogP contribution in [0, 0.1) is 5.82 Å². The van der Waals surface area contributed by atoms with Gasteiger partial charge in [0, 0.05) is 12.0 Å². The van der Waals surface area contributed by atoms with E-state index in [0.717, 1.165) is 12.1 Å². The normalized spacial score (nSPS) is 10.1. The molecule has 0 bridgehead atoms. The molecule has 2 aromatic rings. The van der Waals surface area contributed by atoms with Gasteiger partial charge in [-0.15, -0.1) is 0 Å². The Kier molecular flexibility index (Phi) is 7.38. The monoisotopic (exact) mass is 387 g/mol. The third-order valence-corrected chi connectivity index (χ3v) is 3.69. The number of benzene rings is 2. The van der Waals surface area contributed by atoms with Crippen LogP contribution in [-0.2, 0) is 14.3 Å². The molecule has 2 amide bonds. The van der Waals surface area contributed by atoms with Crippen molar-refractivity contribution in [2.45, 2.75) is 12.8 Å². The van der Waals surface area contributed by atoms with Crippen LogP contribution in [0.4, 0.5) is 4.39 Å². The molecule has 0 spiro atoms. The molecule has 8 heteroatoms. The van der Waals surface area contributed by atoms with Gasteiger partial charge in [0.25, 0.3) is 11.8 Å². The van der Waals surface area contributed by atoms with E-state index in [2.05, 4.69) is 5.32 Å². The number of imide groups is 1. The van der Waals surface area contributed by atoms with Gasteiger partial charge in [-0.05, 0) is 36.4 Å². The number of methoxy groups -OCH3 is 1. The predicted molar refractivity (Wildman–Crippen MR) is 96.4 cm³/mol. The number of esters is 1. The summed E-state index contributed by atoms with van der Waals surface area (Å²) < 4.78 is 22.6. The van der Waals surface area contributed by atoms with E-state index >= 15 is 0 Å². The van der Waals surface area contributed by atoms with Crippen LogP contribution >= 0.6 is 0 Å². The smallest absolute Gasteiger partial charge is 0.306 e. The van der Waals surface area contributed by atoms with Gasteiger partial charge in [0.1, 0.15) is 11.6 Å². The largest absolute Gasteiger partial charge is 0.496 e. The molecular weight excluding hydrogens is 369 g/mol. The summed E-state index contributed by atoms with van der Waals surface area (Å²) >= 11 is 0. The van der Waals surface area contributed by atoms with Crippen LogP contribution in [0.15, 0.2) is 48.5 Å². The molecule has 146 valence electrons. The standard InChI is InChI=1S/C20H18FNO6/c1-27-17-5-3-2-4-15(17)20(26)22-18(24)12-28-19(25)11-10-16(23)13-6-8-14(21)9-7-13/h2-9H,10-12H2,1H3,(H,22,24,26). The van der Waals surface area contributed by atoms with Crippen LogP contribution in [-0.4, -0.2) is 37.3 Å². The van der Waals surface area contributed by atoms with E-state index < -0.39 is 30.2 Å². The van der Waals surface area contributed by atoms with Gasteiger partial charge < -0.3 is 9.47 Å². The lowest BCUT2D eigenvalue weighted by atomic mass is 10.1. The van der Waals surface area contributed by atoms with Crippen LogP contribution in [0.3, 0.4) is 0 Å². The minimum absolute atomic E-state index is 0.147. The maximum absolute atomic E-state index is 12.8. The van der Waals surface area contributed by atoms with Crippen molar-refractivity contribution in [3.05, 3.63) is 65.5 Å². The molecule has 0 aliphatic heterocycles. The number of hydrogen-bond donors (Lipinski definition) is 1. The second-order valence-electron chi connectivity index (χ2n) is 5.67. The fraction of sp³-hybridized carbons (Fsp3) is 0.200. The molecule has 0 saturated carbocycles. The van der Waals surface area contributed by atoms with Gasteiger partial charge >= 0.3 is 5.97 Å². The molecule has 0 saturated heterocycles. The van der Waals surface area contributed by atoms with Gasteiger partial charge in [0.15, 0.2) is 12.4 Å². The zero-order valence-electron chi connectivity index (χ0n) is 15.1. The number of Topliss-reactive ketones (excluding diaryl/α,β-unsaturated/α-hetero) is 1. The van der Waals surface area contributed by atoms with Gasteiger partial charge in [0.2, 0.25) is 0 Å². The summed E-state index contributed by atoms with van der Waals surface area (Å²) in [4.78, 5) is 47.4. The van der Waals surface area contributed by atoms with Crippen molar-refractivity contribution in [3.8, 4) is 5.75 Å². The SMILES string of the molecule is COc1ccccc1C(=O)NC(=O)COC(=O)CCC(=O)c1ccc(F)cc1. The highest BCUT2D eigenvalue weighted by atomic mass is 19.1. The van der Waals surface area contributed by atoms with Gasteiger partial charge in [-0.3, -0.25) is 24.5 Å². The van der Waals surface area contributed by atoms with E-state index in [1.807, 2.05) is 0 Å². The van der Waals surface area contributed by atoms with Crippen LogP contribution < -0.4 is 10.1 Å². The summed E-state index contributed by atoms with van der Waals surface area (Å²) in [6.45, 7) is -0.662. The average Bonchev–Trinajstić information content (AvgIpc) is 2.70. The Morgan fingerprint density at radius 2 is 1.64 bits per heavy atom. The summed E-state index contributed by atoms with van der Waals surface area (Å²) in [5, 5.41) is 2.08. The van der Waals surface area contributed by atoms with E-state index in [4.69, 9.17) is 9.47 Å². The molecule has 0 aliphatic rings. The lowest BCUT2D eigenvalue weighted by molar-refractivity contribution is -0.148. The van der Waals surface area contributed by atoms with E-state index in [9.17, 15) is 23.6 Å². The minimum Gasteiger partial charge on any atom is -0.496 e. The maximum atomic E-state index is 12.8. The fourth-order valence-corrected chi connectivity index (χ4v) is 2.28. The first-order chi connectivity index (χ1) is 13.4. The molecule has 2 rings (SSSR count). The highest BCUT2D eigenvalue weighted by Crippen LogP contribution is 2.16. The van der Waals surface area contributed by atoms with Crippen molar-refractivity contribution in [1.82, 2.24) is 5.32 Å². The van der Waals surface area contributed by atoms with Gasteiger partial charge in [-0.25, -0.2) is 4.39 Å². The lowest BCUT2D eigenvalue weighted by Gasteiger charge is -2.08. The molecule has 2 aromatic carbocycles. The number of carbonyl (C=O) groups is 4.